The summed E-state index contributed by atoms with van der Waals surface area (Å²) >= 11 is 1.77. The van der Waals surface area contributed by atoms with Gasteiger partial charge < -0.3 is 14.4 Å². The third kappa shape index (κ3) is 2.33. The summed E-state index contributed by atoms with van der Waals surface area (Å²) in [6, 6.07) is 8.03. The van der Waals surface area contributed by atoms with Crippen molar-refractivity contribution in [3.05, 3.63) is 24.3 Å². The van der Waals surface area contributed by atoms with E-state index in [1.54, 1.807) is 11.8 Å². The van der Waals surface area contributed by atoms with Crippen LogP contribution in [-0.2, 0) is 4.74 Å². The van der Waals surface area contributed by atoms with Crippen molar-refractivity contribution < 1.29 is 9.47 Å². The maximum absolute atomic E-state index is 8.25. The molecule has 0 aromatic heterocycles. The number of fused-ring (bicyclic) bond motifs is 1. The van der Waals surface area contributed by atoms with Crippen LogP contribution in [0.25, 0.3) is 0 Å². The molecule has 3 rings (SSSR count). The summed E-state index contributed by atoms with van der Waals surface area (Å²) in [4.78, 5) is 3.23. The lowest BCUT2D eigenvalue weighted by Gasteiger charge is -2.34. The smallest absolute Gasteiger partial charge is 0.165 e. The molecular formula is C13H16N2O2S. The number of thioether (sulfide) groups is 1. The zero-order valence-electron chi connectivity index (χ0n) is 10.1. The van der Waals surface area contributed by atoms with E-state index >= 15 is 0 Å². The van der Waals surface area contributed by atoms with Crippen molar-refractivity contribution in [2.45, 2.75) is 11.0 Å². The van der Waals surface area contributed by atoms with Crippen molar-refractivity contribution >= 4 is 17.6 Å². The second kappa shape index (κ2) is 5.20. The standard InChI is InChI=1S/C13H16N2O2S/c14-13(15-5-7-16-8-6-15)11-9-18-12-4-2-1-3-10(12)17-11/h1-4,11,14H,5-9H2. The minimum Gasteiger partial charge on any atom is -0.480 e. The number of nitrogens with zero attached hydrogens (tertiary/aromatic N) is 1. The Morgan fingerprint density at radius 3 is 2.89 bits per heavy atom. The van der Waals surface area contributed by atoms with Crippen molar-refractivity contribution in [1.29, 1.82) is 5.41 Å². The zero-order chi connectivity index (χ0) is 12.4. The summed E-state index contributed by atoms with van der Waals surface area (Å²) in [6.45, 7) is 3.01. The second-order valence-corrected chi connectivity index (χ2v) is 5.41. The molecule has 1 fully saturated rings. The largest absolute Gasteiger partial charge is 0.480 e. The molecule has 0 radical (unpaired) electrons. The highest BCUT2D eigenvalue weighted by Gasteiger charge is 2.28. The molecule has 96 valence electrons. The van der Waals surface area contributed by atoms with E-state index in [-0.39, 0.29) is 6.10 Å². The lowest BCUT2D eigenvalue weighted by Crippen LogP contribution is -2.48. The van der Waals surface area contributed by atoms with Crippen LogP contribution in [0, 0.1) is 5.41 Å². The Bertz CT molecular complexity index is 446. The van der Waals surface area contributed by atoms with Crippen molar-refractivity contribution in [2.75, 3.05) is 32.1 Å². The highest BCUT2D eigenvalue weighted by atomic mass is 32.2. The van der Waals surface area contributed by atoms with E-state index in [2.05, 4.69) is 11.0 Å². The van der Waals surface area contributed by atoms with Gasteiger partial charge in [-0.1, -0.05) is 12.1 Å². The average molecular weight is 264 g/mol. The van der Waals surface area contributed by atoms with Gasteiger partial charge in [-0.25, -0.2) is 0 Å². The molecule has 18 heavy (non-hydrogen) atoms. The molecule has 1 aromatic carbocycles. The lowest BCUT2D eigenvalue weighted by molar-refractivity contribution is 0.0634. The molecule has 5 heteroatoms. The van der Waals surface area contributed by atoms with E-state index in [9.17, 15) is 0 Å². The fraction of sp³-hybridized carbons (Fsp3) is 0.462. The highest BCUT2D eigenvalue weighted by Crippen LogP contribution is 2.35. The van der Waals surface area contributed by atoms with Crippen molar-refractivity contribution in [3.8, 4) is 5.75 Å². The average Bonchev–Trinajstić information content (AvgIpc) is 2.47. The van der Waals surface area contributed by atoms with Crippen LogP contribution >= 0.6 is 11.8 Å². The number of ether oxygens (including phenoxy) is 2. The quantitative estimate of drug-likeness (QED) is 0.621. The van der Waals surface area contributed by atoms with E-state index in [1.165, 1.54) is 4.90 Å². The molecule has 0 spiro atoms. The summed E-state index contributed by atoms with van der Waals surface area (Å²) in [5, 5.41) is 8.25. The number of hydrogen-bond donors (Lipinski definition) is 1. The molecule has 2 aliphatic rings. The highest BCUT2D eigenvalue weighted by molar-refractivity contribution is 7.99. The Balaban J connectivity index is 1.69. The molecule has 1 N–H and O–H groups in total. The van der Waals surface area contributed by atoms with Crippen molar-refractivity contribution in [2.24, 2.45) is 0 Å². The van der Waals surface area contributed by atoms with Gasteiger partial charge >= 0.3 is 0 Å². The summed E-state index contributed by atoms with van der Waals surface area (Å²) in [6.07, 6.45) is -0.136. The van der Waals surface area contributed by atoms with Crippen LogP contribution in [0.1, 0.15) is 0 Å². The van der Waals surface area contributed by atoms with Crippen LogP contribution in [0.4, 0.5) is 0 Å². The number of hydrogen-bond acceptors (Lipinski definition) is 4. The Hall–Kier alpha value is -1.20. The van der Waals surface area contributed by atoms with Crippen LogP contribution in [0.3, 0.4) is 0 Å². The maximum atomic E-state index is 8.25. The predicted octanol–water partition coefficient (Wildman–Crippen LogP) is 1.85. The Morgan fingerprint density at radius 2 is 2.06 bits per heavy atom. The van der Waals surface area contributed by atoms with Gasteiger partial charge in [-0.2, -0.15) is 0 Å². The summed E-state index contributed by atoms with van der Waals surface area (Å²) < 4.78 is 11.2. The topological polar surface area (TPSA) is 45.5 Å². The Labute approximate surface area is 111 Å². The normalized spacial score (nSPS) is 23.1. The van der Waals surface area contributed by atoms with Crippen LogP contribution in [0.2, 0.25) is 0 Å². The van der Waals surface area contributed by atoms with Gasteiger partial charge in [-0.05, 0) is 12.1 Å². The number of amidine groups is 1. The third-order valence-electron chi connectivity index (χ3n) is 3.17. The molecule has 1 atom stereocenters. The summed E-state index contributed by atoms with van der Waals surface area (Å²) in [5.74, 6) is 2.30. The van der Waals surface area contributed by atoms with Crippen LogP contribution in [0.5, 0.6) is 5.75 Å². The molecule has 0 amide bonds. The molecular weight excluding hydrogens is 248 g/mol. The van der Waals surface area contributed by atoms with E-state index in [1.807, 2.05) is 18.2 Å². The van der Waals surface area contributed by atoms with Crippen LogP contribution in [0.15, 0.2) is 29.2 Å². The van der Waals surface area contributed by atoms with Gasteiger partial charge in [0.15, 0.2) is 6.10 Å². The van der Waals surface area contributed by atoms with E-state index in [0.717, 1.165) is 24.6 Å². The maximum Gasteiger partial charge on any atom is 0.165 e. The van der Waals surface area contributed by atoms with E-state index in [4.69, 9.17) is 14.9 Å². The van der Waals surface area contributed by atoms with Gasteiger partial charge in [-0.3, -0.25) is 5.41 Å². The SMILES string of the molecule is N=C(C1CSc2ccccc2O1)N1CCOCC1. The minimum atomic E-state index is -0.136. The molecule has 0 aliphatic carbocycles. The molecule has 4 nitrogen and oxygen atoms in total. The van der Waals surface area contributed by atoms with Crippen LogP contribution < -0.4 is 4.74 Å². The van der Waals surface area contributed by atoms with Gasteiger partial charge in [-0.15, -0.1) is 11.8 Å². The van der Waals surface area contributed by atoms with E-state index in [0.29, 0.717) is 19.0 Å². The van der Waals surface area contributed by atoms with Gasteiger partial charge in [0.2, 0.25) is 0 Å². The molecule has 1 unspecified atom stereocenters. The first-order chi connectivity index (χ1) is 8.84. The molecule has 2 heterocycles. The van der Waals surface area contributed by atoms with Gasteiger partial charge in [0.05, 0.1) is 13.2 Å². The number of para-hydroxylation sites is 1. The molecule has 0 bridgehead atoms. The number of nitrogens with one attached hydrogen (secondary N) is 1. The first kappa shape index (κ1) is 11.9. The Morgan fingerprint density at radius 1 is 1.28 bits per heavy atom. The predicted molar refractivity (Wildman–Crippen MR) is 71.7 cm³/mol. The molecule has 1 aromatic rings. The minimum absolute atomic E-state index is 0.136. The number of rotatable bonds is 1. The summed E-state index contributed by atoms with van der Waals surface area (Å²) in [5.41, 5.74) is 0. The lowest BCUT2D eigenvalue weighted by atomic mass is 10.2. The summed E-state index contributed by atoms with van der Waals surface area (Å²) in [7, 11) is 0. The number of morpholine rings is 1. The fourth-order valence-corrected chi connectivity index (χ4v) is 3.15. The van der Waals surface area contributed by atoms with Crippen molar-refractivity contribution in [3.63, 3.8) is 0 Å². The second-order valence-electron chi connectivity index (χ2n) is 4.35. The van der Waals surface area contributed by atoms with Crippen molar-refractivity contribution in [1.82, 2.24) is 4.90 Å². The fourth-order valence-electron chi connectivity index (χ4n) is 2.16. The zero-order valence-corrected chi connectivity index (χ0v) is 10.9. The number of benzene rings is 1. The van der Waals surface area contributed by atoms with Gasteiger partial charge in [0.25, 0.3) is 0 Å². The Kier molecular flexibility index (Phi) is 3.43. The molecule has 2 aliphatic heterocycles. The van der Waals surface area contributed by atoms with Crippen LogP contribution in [-0.4, -0.2) is 48.9 Å². The third-order valence-corrected chi connectivity index (χ3v) is 4.28. The molecule has 1 saturated heterocycles. The monoisotopic (exact) mass is 264 g/mol. The van der Waals surface area contributed by atoms with E-state index < -0.39 is 0 Å². The van der Waals surface area contributed by atoms with Gasteiger partial charge in [0.1, 0.15) is 11.6 Å². The van der Waals surface area contributed by atoms with Gasteiger partial charge in [0, 0.05) is 23.7 Å². The first-order valence-electron chi connectivity index (χ1n) is 6.14. The molecule has 0 saturated carbocycles. The first-order valence-corrected chi connectivity index (χ1v) is 7.13.